The van der Waals surface area contributed by atoms with Crippen LogP contribution in [0.4, 0.5) is 13.2 Å². The summed E-state index contributed by atoms with van der Waals surface area (Å²) in [5.41, 5.74) is 0.264. The maximum absolute atomic E-state index is 12.4. The fourth-order valence-electron chi connectivity index (χ4n) is 1.35. The topological polar surface area (TPSA) is 20.3 Å². The third-order valence-corrected chi connectivity index (χ3v) is 3.18. The Morgan fingerprint density at radius 3 is 2.28 bits per heavy atom. The number of carbonyl (C=O) groups excluding carboxylic acids is 1. The molecule has 18 heavy (non-hydrogen) atoms. The van der Waals surface area contributed by atoms with Crippen molar-refractivity contribution in [1.29, 1.82) is 0 Å². The summed E-state index contributed by atoms with van der Waals surface area (Å²) in [7, 11) is 0. The van der Waals surface area contributed by atoms with Crippen molar-refractivity contribution in [2.45, 2.75) is 6.18 Å². The van der Waals surface area contributed by atoms with Gasteiger partial charge in [-0.2, -0.15) is 13.2 Å². The van der Waals surface area contributed by atoms with Crippen LogP contribution >= 0.6 is 38.5 Å². The molecule has 0 aliphatic heterocycles. The molecule has 1 rings (SSSR count). The molecular formula is C11H10BrF3INO. The third kappa shape index (κ3) is 5.13. The molecule has 0 aliphatic carbocycles. The summed E-state index contributed by atoms with van der Waals surface area (Å²) in [4.78, 5) is 12.7. The van der Waals surface area contributed by atoms with Gasteiger partial charge in [0.1, 0.15) is 6.54 Å². The molecule has 0 N–H and O–H groups in total. The highest BCUT2D eigenvalue weighted by molar-refractivity contribution is 14.1. The van der Waals surface area contributed by atoms with Gasteiger partial charge in [0.15, 0.2) is 0 Å². The minimum atomic E-state index is -4.39. The molecule has 1 aromatic rings. The highest BCUT2D eigenvalue weighted by atomic mass is 127. The first-order chi connectivity index (χ1) is 8.33. The van der Waals surface area contributed by atoms with Gasteiger partial charge in [0.05, 0.1) is 0 Å². The summed E-state index contributed by atoms with van der Waals surface area (Å²) in [6, 6.07) is 6.44. The molecule has 0 aliphatic rings. The second-order valence-corrected chi connectivity index (χ2v) is 5.58. The number of alkyl halides is 4. The van der Waals surface area contributed by atoms with Gasteiger partial charge >= 0.3 is 6.18 Å². The number of carbonyl (C=O) groups is 1. The predicted octanol–water partition coefficient (Wildman–Crippen LogP) is 3.69. The first kappa shape index (κ1) is 15.7. The molecule has 0 unspecified atom stereocenters. The van der Waals surface area contributed by atoms with E-state index < -0.39 is 18.6 Å². The average molecular weight is 436 g/mol. The third-order valence-electron chi connectivity index (χ3n) is 2.10. The lowest BCUT2D eigenvalue weighted by Gasteiger charge is -2.23. The normalized spacial score (nSPS) is 11.4. The molecule has 7 heteroatoms. The molecule has 100 valence electrons. The lowest BCUT2D eigenvalue weighted by Crippen LogP contribution is -2.40. The van der Waals surface area contributed by atoms with Gasteiger partial charge in [0, 0.05) is 21.0 Å². The molecule has 2 nitrogen and oxygen atoms in total. The van der Waals surface area contributed by atoms with Crippen molar-refractivity contribution >= 4 is 44.4 Å². The summed E-state index contributed by atoms with van der Waals surface area (Å²) in [5.74, 6) is -0.608. The van der Waals surface area contributed by atoms with E-state index in [1.54, 1.807) is 12.1 Å². The first-order valence-electron chi connectivity index (χ1n) is 5.01. The first-order valence-corrected chi connectivity index (χ1v) is 7.21. The number of rotatable bonds is 4. The van der Waals surface area contributed by atoms with E-state index in [4.69, 9.17) is 0 Å². The van der Waals surface area contributed by atoms with Gasteiger partial charge in [-0.25, -0.2) is 0 Å². The fraction of sp³-hybridized carbons (Fsp3) is 0.364. The number of amides is 1. The number of hydrogen-bond acceptors (Lipinski definition) is 1. The SMILES string of the molecule is O=C(c1ccc(I)cc1)N(CCBr)CC(F)(F)F. The molecule has 0 aromatic heterocycles. The minimum Gasteiger partial charge on any atom is -0.329 e. The van der Waals surface area contributed by atoms with Crippen molar-refractivity contribution < 1.29 is 18.0 Å². The van der Waals surface area contributed by atoms with Crippen molar-refractivity contribution in [2.75, 3.05) is 18.4 Å². The summed E-state index contributed by atoms with van der Waals surface area (Å²) < 4.78 is 38.0. The molecule has 0 bridgehead atoms. The maximum atomic E-state index is 12.4. The molecule has 1 amide bonds. The van der Waals surface area contributed by atoms with Crippen molar-refractivity contribution in [2.24, 2.45) is 0 Å². The second kappa shape index (κ2) is 6.74. The zero-order valence-corrected chi connectivity index (χ0v) is 12.9. The number of nitrogens with zero attached hydrogens (tertiary/aromatic N) is 1. The van der Waals surface area contributed by atoms with Crippen molar-refractivity contribution in [3.05, 3.63) is 33.4 Å². The van der Waals surface area contributed by atoms with Crippen molar-refractivity contribution in [3.8, 4) is 0 Å². The second-order valence-electron chi connectivity index (χ2n) is 3.54. The zero-order chi connectivity index (χ0) is 13.8. The highest BCUT2D eigenvalue weighted by Gasteiger charge is 2.32. The molecule has 0 fully saturated rings. The van der Waals surface area contributed by atoms with E-state index >= 15 is 0 Å². The van der Waals surface area contributed by atoms with Crippen LogP contribution in [0.2, 0.25) is 0 Å². The van der Waals surface area contributed by atoms with E-state index in [1.165, 1.54) is 12.1 Å². The summed E-state index contributed by atoms with van der Waals surface area (Å²) in [6.45, 7) is -1.21. The van der Waals surface area contributed by atoms with Crippen LogP contribution in [-0.2, 0) is 0 Å². The fourth-order valence-corrected chi connectivity index (χ4v) is 2.13. The Balaban J connectivity index is 2.85. The number of hydrogen-bond donors (Lipinski definition) is 0. The monoisotopic (exact) mass is 435 g/mol. The minimum absolute atomic E-state index is 0.0182. The van der Waals surface area contributed by atoms with Crippen LogP contribution in [-0.4, -0.2) is 35.4 Å². The maximum Gasteiger partial charge on any atom is 0.406 e. The summed E-state index contributed by atoms with van der Waals surface area (Å²) >= 11 is 5.11. The van der Waals surface area contributed by atoms with E-state index in [1.807, 2.05) is 0 Å². The molecular weight excluding hydrogens is 426 g/mol. The van der Waals surface area contributed by atoms with E-state index in [9.17, 15) is 18.0 Å². The Labute approximate surface area is 125 Å². The van der Waals surface area contributed by atoms with Gasteiger partial charge < -0.3 is 4.90 Å². The van der Waals surface area contributed by atoms with E-state index in [2.05, 4.69) is 38.5 Å². The lowest BCUT2D eigenvalue weighted by atomic mass is 10.2. The van der Waals surface area contributed by atoms with Gasteiger partial charge in [-0.05, 0) is 46.9 Å². The Morgan fingerprint density at radius 2 is 1.83 bits per heavy atom. The molecule has 0 saturated carbocycles. The highest BCUT2D eigenvalue weighted by Crippen LogP contribution is 2.18. The van der Waals surface area contributed by atoms with Gasteiger partial charge in [-0.15, -0.1) is 0 Å². The van der Waals surface area contributed by atoms with Gasteiger partial charge in [-0.3, -0.25) is 4.79 Å². The molecule has 0 spiro atoms. The molecule has 0 saturated heterocycles. The van der Waals surface area contributed by atoms with Crippen LogP contribution in [0.15, 0.2) is 24.3 Å². The summed E-state index contributed by atoms with van der Waals surface area (Å²) in [6.07, 6.45) is -4.39. The standard InChI is InChI=1S/C11H10BrF3INO/c12-5-6-17(7-11(13,14)15)10(18)8-1-3-9(16)4-2-8/h1-4H,5-7H2. The van der Waals surface area contributed by atoms with E-state index in [0.717, 1.165) is 8.47 Å². The molecule has 0 atom stereocenters. The summed E-state index contributed by atoms with van der Waals surface area (Å²) in [5, 5.41) is 0.305. The van der Waals surface area contributed by atoms with Gasteiger partial charge in [-0.1, -0.05) is 15.9 Å². The van der Waals surface area contributed by atoms with Crippen LogP contribution in [0.3, 0.4) is 0 Å². The van der Waals surface area contributed by atoms with Gasteiger partial charge in [0.25, 0.3) is 5.91 Å². The van der Waals surface area contributed by atoms with Crippen LogP contribution in [0.1, 0.15) is 10.4 Å². The van der Waals surface area contributed by atoms with Crippen LogP contribution in [0.5, 0.6) is 0 Å². The number of halogens is 5. The zero-order valence-electron chi connectivity index (χ0n) is 9.18. The molecule has 0 radical (unpaired) electrons. The van der Waals surface area contributed by atoms with E-state index in [0.29, 0.717) is 5.33 Å². The van der Waals surface area contributed by atoms with Crippen molar-refractivity contribution in [1.82, 2.24) is 4.90 Å². The smallest absolute Gasteiger partial charge is 0.329 e. The Bertz CT molecular complexity index is 408. The molecule has 0 heterocycles. The van der Waals surface area contributed by atoms with Gasteiger partial charge in [0.2, 0.25) is 0 Å². The Hall–Kier alpha value is -0.310. The quantitative estimate of drug-likeness (QED) is 0.521. The van der Waals surface area contributed by atoms with Crippen molar-refractivity contribution in [3.63, 3.8) is 0 Å². The molecule has 1 aromatic carbocycles. The van der Waals surface area contributed by atoms with E-state index in [-0.39, 0.29) is 12.1 Å². The lowest BCUT2D eigenvalue weighted by molar-refractivity contribution is -0.140. The van der Waals surface area contributed by atoms with Crippen LogP contribution < -0.4 is 0 Å². The number of benzene rings is 1. The Morgan fingerprint density at radius 1 is 1.28 bits per heavy atom. The largest absolute Gasteiger partial charge is 0.406 e. The Kier molecular flexibility index (Phi) is 5.90. The average Bonchev–Trinajstić information content (AvgIpc) is 2.27. The van der Waals surface area contributed by atoms with Crippen LogP contribution in [0.25, 0.3) is 0 Å². The van der Waals surface area contributed by atoms with Crippen LogP contribution in [0, 0.1) is 3.57 Å². The predicted molar refractivity (Wildman–Crippen MR) is 74.9 cm³/mol.